The minimum Gasteiger partial charge on any atom is -0.396 e. The van der Waals surface area contributed by atoms with Gasteiger partial charge in [-0.1, -0.05) is 19.1 Å². The van der Waals surface area contributed by atoms with Crippen LogP contribution in [0.5, 0.6) is 0 Å². The van der Waals surface area contributed by atoms with Crippen molar-refractivity contribution >= 4 is 28.4 Å². The fourth-order valence-electron chi connectivity index (χ4n) is 2.11. The number of para-hydroxylation sites is 2. The zero-order chi connectivity index (χ0) is 16.6. The van der Waals surface area contributed by atoms with Gasteiger partial charge in [0.15, 0.2) is 5.65 Å². The molecule has 1 atom stereocenters. The lowest BCUT2D eigenvalue weighted by Crippen LogP contribution is -2.12. The summed E-state index contributed by atoms with van der Waals surface area (Å²) in [4.78, 5) is 4.40. The lowest BCUT2D eigenvalue weighted by molar-refractivity contribution is -0.145. The molecule has 9 heteroatoms. The van der Waals surface area contributed by atoms with Gasteiger partial charge in [0, 0.05) is 12.4 Å². The van der Waals surface area contributed by atoms with Crippen LogP contribution in [0.4, 0.5) is 13.2 Å². The number of aromatic nitrogens is 4. The summed E-state index contributed by atoms with van der Waals surface area (Å²) in [5, 5.41) is 16.5. The topological polar surface area (TPSA) is 63.3 Å². The normalized spacial score (nSPS) is 13.8. The Bertz CT molecular complexity index is 849. The highest BCUT2D eigenvalue weighted by Crippen LogP contribution is 2.33. The van der Waals surface area contributed by atoms with Crippen LogP contribution in [0, 0.1) is 5.92 Å². The van der Waals surface area contributed by atoms with Crippen LogP contribution in [0.15, 0.2) is 29.3 Å². The molecule has 3 aromatic rings. The van der Waals surface area contributed by atoms with Gasteiger partial charge in [-0.3, -0.25) is 4.40 Å². The summed E-state index contributed by atoms with van der Waals surface area (Å²) in [7, 11) is 0. The van der Waals surface area contributed by atoms with Crippen LogP contribution < -0.4 is 0 Å². The van der Waals surface area contributed by atoms with Crippen molar-refractivity contribution < 1.29 is 18.3 Å². The summed E-state index contributed by atoms with van der Waals surface area (Å²) in [6.07, 6.45) is -4.61. The molecule has 23 heavy (non-hydrogen) atoms. The summed E-state index contributed by atoms with van der Waals surface area (Å²) in [6.45, 7) is 1.84. The Kier molecular flexibility index (Phi) is 4.15. The molecular formula is C14H13F3N4OS. The van der Waals surface area contributed by atoms with Gasteiger partial charge in [0.1, 0.15) is 5.03 Å². The number of nitrogens with zero attached hydrogens (tertiary/aromatic N) is 4. The van der Waals surface area contributed by atoms with Gasteiger partial charge in [0.25, 0.3) is 0 Å². The molecule has 0 radical (unpaired) electrons. The van der Waals surface area contributed by atoms with Crippen molar-refractivity contribution in [1.82, 2.24) is 19.6 Å². The molecule has 1 N–H and O–H groups in total. The number of halogens is 3. The van der Waals surface area contributed by atoms with Crippen LogP contribution >= 0.6 is 11.8 Å². The van der Waals surface area contributed by atoms with Gasteiger partial charge < -0.3 is 5.11 Å². The molecule has 2 heterocycles. The molecular weight excluding hydrogens is 329 g/mol. The Labute approximate surface area is 133 Å². The van der Waals surface area contributed by atoms with Crippen molar-refractivity contribution in [3.05, 3.63) is 30.1 Å². The number of aliphatic hydroxyl groups is 1. The summed E-state index contributed by atoms with van der Waals surface area (Å²) >= 11 is 1.26. The average molecular weight is 342 g/mol. The third-order valence-corrected chi connectivity index (χ3v) is 4.55. The van der Waals surface area contributed by atoms with Gasteiger partial charge in [-0.25, -0.2) is 4.98 Å². The fraction of sp³-hybridized carbons (Fsp3) is 0.357. The van der Waals surface area contributed by atoms with Crippen LogP contribution in [0.25, 0.3) is 16.7 Å². The van der Waals surface area contributed by atoms with E-state index < -0.39 is 12.0 Å². The molecule has 0 aliphatic carbocycles. The summed E-state index contributed by atoms with van der Waals surface area (Å²) in [5.74, 6) is -0.549. The Balaban J connectivity index is 2.22. The third-order valence-electron chi connectivity index (χ3n) is 3.27. The highest BCUT2D eigenvalue weighted by atomic mass is 32.2. The smallest absolute Gasteiger partial charge is 0.396 e. The van der Waals surface area contributed by atoms with E-state index in [1.807, 2.05) is 6.92 Å². The predicted molar refractivity (Wildman–Crippen MR) is 80.3 cm³/mol. The number of benzene rings is 1. The lowest BCUT2D eigenvalue weighted by atomic mass is 10.2. The average Bonchev–Trinajstić information content (AvgIpc) is 2.97. The second kappa shape index (κ2) is 5.97. The summed E-state index contributed by atoms with van der Waals surface area (Å²) in [5.41, 5.74) is 0.815. The molecule has 1 unspecified atom stereocenters. The molecule has 0 aliphatic rings. The number of alkyl halides is 3. The van der Waals surface area contributed by atoms with Crippen molar-refractivity contribution in [3.63, 3.8) is 0 Å². The minimum absolute atomic E-state index is 0.00155. The first-order valence-corrected chi connectivity index (χ1v) is 7.85. The standard InChI is InChI=1S/C14H13F3N4OS/c1-8(6-22)7-23-12-11-19-20-13(14(15,16)17)21(11)10-5-3-2-4-9(10)18-12/h2-5,8,22H,6-7H2,1H3. The van der Waals surface area contributed by atoms with E-state index in [9.17, 15) is 13.2 Å². The molecule has 0 saturated carbocycles. The van der Waals surface area contributed by atoms with E-state index in [0.29, 0.717) is 21.8 Å². The Morgan fingerprint density at radius 3 is 2.70 bits per heavy atom. The molecule has 0 bridgehead atoms. The second-order valence-electron chi connectivity index (χ2n) is 5.18. The molecule has 0 aliphatic heterocycles. The highest BCUT2D eigenvalue weighted by Gasteiger charge is 2.38. The van der Waals surface area contributed by atoms with Crippen molar-refractivity contribution in [2.75, 3.05) is 12.4 Å². The predicted octanol–water partition coefficient (Wildman–Crippen LogP) is 3.02. The quantitative estimate of drug-likeness (QED) is 0.739. The summed E-state index contributed by atoms with van der Waals surface area (Å²) < 4.78 is 40.6. The highest BCUT2D eigenvalue weighted by molar-refractivity contribution is 7.99. The SMILES string of the molecule is CC(CO)CSc1nc2ccccc2n2c(C(F)(F)F)nnc12. The van der Waals surface area contributed by atoms with Crippen molar-refractivity contribution in [2.45, 2.75) is 18.1 Å². The Hall–Kier alpha value is -1.87. The number of aliphatic hydroxyl groups excluding tert-OH is 1. The molecule has 5 nitrogen and oxygen atoms in total. The van der Waals surface area contributed by atoms with Gasteiger partial charge in [-0.05, 0) is 18.1 Å². The zero-order valence-electron chi connectivity index (χ0n) is 12.1. The zero-order valence-corrected chi connectivity index (χ0v) is 12.9. The van der Waals surface area contributed by atoms with Crippen LogP contribution in [-0.4, -0.2) is 37.0 Å². The minimum atomic E-state index is -4.61. The van der Waals surface area contributed by atoms with E-state index in [-0.39, 0.29) is 18.2 Å². The molecule has 0 spiro atoms. The van der Waals surface area contributed by atoms with Crippen LogP contribution in [0.1, 0.15) is 12.7 Å². The maximum absolute atomic E-state index is 13.2. The number of hydrogen-bond donors (Lipinski definition) is 1. The number of hydrogen-bond acceptors (Lipinski definition) is 5. The summed E-state index contributed by atoms with van der Waals surface area (Å²) in [6, 6.07) is 6.56. The Morgan fingerprint density at radius 1 is 1.26 bits per heavy atom. The van der Waals surface area contributed by atoms with Crippen molar-refractivity contribution in [1.29, 1.82) is 0 Å². The van der Waals surface area contributed by atoms with Crippen LogP contribution in [0.2, 0.25) is 0 Å². The van der Waals surface area contributed by atoms with E-state index >= 15 is 0 Å². The maximum atomic E-state index is 13.2. The first-order chi connectivity index (χ1) is 10.9. The van der Waals surface area contributed by atoms with E-state index in [4.69, 9.17) is 5.11 Å². The lowest BCUT2D eigenvalue weighted by Gasteiger charge is -2.11. The number of fused-ring (bicyclic) bond motifs is 3. The van der Waals surface area contributed by atoms with Gasteiger partial charge >= 0.3 is 6.18 Å². The maximum Gasteiger partial charge on any atom is 0.452 e. The van der Waals surface area contributed by atoms with Crippen LogP contribution in [-0.2, 0) is 6.18 Å². The molecule has 0 saturated heterocycles. The number of thioether (sulfide) groups is 1. The van der Waals surface area contributed by atoms with E-state index in [1.165, 1.54) is 11.8 Å². The monoisotopic (exact) mass is 342 g/mol. The molecule has 1 aromatic carbocycles. The number of rotatable bonds is 4. The van der Waals surface area contributed by atoms with E-state index in [1.54, 1.807) is 24.3 Å². The third kappa shape index (κ3) is 2.98. The first-order valence-electron chi connectivity index (χ1n) is 6.86. The molecule has 3 rings (SSSR count). The van der Waals surface area contributed by atoms with Crippen LogP contribution in [0.3, 0.4) is 0 Å². The molecule has 0 amide bonds. The van der Waals surface area contributed by atoms with E-state index in [2.05, 4.69) is 15.2 Å². The van der Waals surface area contributed by atoms with Gasteiger partial charge in [-0.15, -0.1) is 22.0 Å². The Morgan fingerprint density at radius 2 is 2.00 bits per heavy atom. The first kappa shape index (κ1) is 16.0. The molecule has 122 valence electrons. The van der Waals surface area contributed by atoms with Gasteiger partial charge in [0.05, 0.1) is 11.0 Å². The van der Waals surface area contributed by atoms with E-state index in [0.717, 1.165) is 4.40 Å². The largest absolute Gasteiger partial charge is 0.452 e. The van der Waals surface area contributed by atoms with Gasteiger partial charge in [-0.2, -0.15) is 13.2 Å². The molecule has 0 fully saturated rings. The van der Waals surface area contributed by atoms with Crippen molar-refractivity contribution in [2.24, 2.45) is 5.92 Å². The second-order valence-corrected chi connectivity index (χ2v) is 6.19. The fourth-order valence-corrected chi connectivity index (χ4v) is 3.08. The molecule has 2 aromatic heterocycles. The van der Waals surface area contributed by atoms with Crippen molar-refractivity contribution in [3.8, 4) is 0 Å². The van der Waals surface area contributed by atoms with Gasteiger partial charge in [0.2, 0.25) is 5.82 Å².